The third-order valence-corrected chi connectivity index (χ3v) is 5.98. The molecule has 29 heavy (non-hydrogen) atoms. The van der Waals surface area contributed by atoms with Gasteiger partial charge >= 0.3 is 5.69 Å². The quantitative estimate of drug-likeness (QED) is 0.316. The number of nitro benzene ring substituents is 1. The Morgan fingerprint density at radius 1 is 1.28 bits per heavy atom. The number of hydrogen-bond donors (Lipinski definition) is 2. The van der Waals surface area contributed by atoms with Crippen LogP contribution in [0, 0.1) is 29.8 Å². The first kappa shape index (κ1) is 20.7. The van der Waals surface area contributed by atoms with Crippen LogP contribution >= 0.6 is 23.1 Å². The Morgan fingerprint density at radius 2 is 2.07 bits per heavy atom. The lowest BCUT2D eigenvalue weighted by Crippen LogP contribution is -2.14. The van der Waals surface area contributed by atoms with Crippen LogP contribution in [0.3, 0.4) is 0 Å². The number of rotatable bonds is 7. The first-order chi connectivity index (χ1) is 13.8. The van der Waals surface area contributed by atoms with E-state index >= 15 is 0 Å². The number of aromatic nitrogens is 2. The molecule has 0 fully saturated rings. The van der Waals surface area contributed by atoms with E-state index in [4.69, 9.17) is 0 Å². The van der Waals surface area contributed by atoms with Crippen LogP contribution in [-0.2, 0) is 4.79 Å². The van der Waals surface area contributed by atoms with Gasteiger partial charge in [-0.2, -0.15) is 4.39 Å². The molecule has 11 heteroatoms. The zero-order valence-electron chi connectivity index (χ0n) is 15.4. The van der Waals surface area contributed by atoms with Crippen LogP contribution in [0.1, 0.15) is 11.1 Å². The molecule has 150 valence electrons. The van der Waals surface area contributed by atoms with Crippen molar-refractivity contribution in [2.75, 3.05) is 16.4 Å². The molecule has 1 amide bonds. The number of aryl methyl sites for hydroxylation is 1. The summed E-state index contributed by atoms with van der Waals surface area (Å²) in [5.41, 5.74) is 2.67. The monoisotopic (exact) mass is 433 g/mol. The minimum atomic E-state index is -0.958. The smallest absolute Gasteiger partial charge is 0.306 e. The largest absolute Gasteiger partial charge is 0.330 e. The molecule has 1 aromatic heterocycles. The van der Waals surface area contributed by atoms with E-state index in [2.05, 4.69) is 20.8 Å². The summed E-state index contributed by atoms with van der Waals surface area (Å²) >= 11 is 2.49. The highest BCUT2D eigenvalue weighted by Gasteiger charge is 2.16. The van der Waals surface area contributed by atoms with E-state index in [1.807, 2.05) is 32.0 Å². The number of benzene rings is 2. The molecule has 0 aliphatic heterocycles. The lowest BCUT2D eigenvalue weighted by molar-refractivity contribution is -0.387. The molecule has 2 aromatic carbocycles. The number of amides is 1. The minimum absolute atomic E-state index is 0.0310. The normalized spacial score (nSPS) is 10.6. The average Bonchev–Trinajstić information content (AvgIpc) is 3.12. The van der Waals surface area contributed by atoms with Gasteiger partial charge in [-0.1, -0.05) is 35.2 Å². The Kier molecular flexibility index (Phi) is 6.39. The predicted molar refractivity (Wildman–Crippen MR) is 112 cm³/mol. The van der Waals surface area contributed by atoms with Crippen molar-refractivity contribution in [1.82, 2.24) is 10.2 Å². The molecule has 8 nitrogen and oxygen atoms in total. The summed E-state index contributed by atoms with van der Waals surface area (Å²) in [6.45, 7) is 4.04. The van der Waals surface area contributed by atoms with Gasteiger partial charge in [0.15, 0.2) is 4.34 Å². The van der Waals surface area contributed by atoms with Gasteiger partial charge in [0, 0.05) is 17.4 Å². The molecule has 0 spiro atoms. The molecule has 0 aliphatic carbocycles. The SMILES string of the molecule is Cc1cccc(Nc2nnc(SCC(=O)Nc3ccc(F)c([N+](=O)[O-])c3)s2)c1C. The molecule has 0 radical (unpaired) electrons. The van der Waals surface area contributed by atoms with Gasteiger partial charge < -0.3 is 10.6 Å². The molecule has 0 unspecified atom stereocenters. The lowest BCUT2D eigenvalue weighted by Gasteiger charge is -2.08. The molecular weight excluding hydrogens is 417 g/mol. The maximum Gasteiger partial charge on any atom is 0.306 e. The van der Waals surface area contributed by atoms with Gasteiger partial charge in [0.1, 0.15) is 0 Å². The number of nitrogens with zero attached hydrogens (tertiary/aromatic N) is 3. The van der Waals surface area contributed by atoms with E-state index < -0.39 is 22.3 Å². The summed E-state index contributed by atoms with van der Waals surface area (Å²) in [7, 11) is 0. The standard InChI is InChI=1S/C18H16FN5O3S2/c1-10-4-3-5-14(11(10)2)21-17-22-23-18(29-17)28-9-16(25)20-12-6-7-13(19)15(8-12)24(26)27/h3-8H,9H2,1-2H3,(H,20,25)(H,21,22). The number of carbonyl (C=O) groups is 1. The first-order valence-electron chi connectivity index (χ1n) is 8.37. The molecule has 0 bridgehead atoms. The Balaban J connectivity index is 1.57. The Bertz CT molecular complexity index is 1070. The Labute approximate surface area is 173 Å². The number of nitrogens with one attached hydrogen (secondary N) is 2. The highest BCUT2D eigenvalue weighted by molar-refractivity contribution is 8.01. The van der Waals surface area contributed by atoms with E-state index in [9.17, 15) is 19.3 Å². The fraction of sp³-hybridized carbons (Fsp3) is 0.167. The Morgan fingerprint density at radius 3 is 2.83 bits per heavy atom. The van der Waals surface area contributed by atoms with Gasteiger partial charge in [-0.05, 0) is 43.2 Å². The highest BCUT2D eigenvalue weighted by atomic mass is 32.2. The topological polar surface area (TPSA) is 110 Å². The number of hydrogen-bond acceptors (Lipinski definition) is 8. The van der Waals surface area contributed by atoms with Crippen LogP contribution in [-0.4, -0.2) is 26.8 Å². The Hall–Kier alpha value is -3.05. The van der Waals surface area contributed by atoms with Crippen LogP contribution in [0.25, 0.3) is 0 Å². The molecule has 0 saturated carbocycles. The van der Waals surface area contributed by atoms with Crippen LogP contribution in [0.2, 0.25) is 0 Å². The fourth-order valence-electron chi connectivity index (χ4n) is 2.38. The van der Waals surface area contributed by atoms with Gasteiger partial charge in [0.25, 0.3) is 0 Å². The van der Waals surface area contributed by atoms with Crippen molar-refractivity contribution in [3.63, 3.8) is 0 Å². The second kappa shape index (κ2) is 8.97. The summed E-state index contributed by atoms with van der Waals surface area (Å²) in [6, 6.07) is 9.11. The van der Waals surface area contributed by atoms with Crippen molar-refractivity contribution in [2.24, 2.45) is 0 Å². The molecular formula is C18H16FN5O3S2. The second-order valence-corrected chi connectivity index (χ2v) is 8.21. The van der Waals surface area contributed by atoms with Gasteiger partial charge in [-0.3, -0.25) is 14.9 Å². The summed E-state index contributed by atoms with van der Waals surface area (Å²) < 4.78 is 13.9. The van der Waals surface area contributed by atoms with Crippen molar-refractivity contribution in [3.8, 4) is 0 Å². The molecule has 0 atom stereocenters. The molecule has 0 saturated heterocycles. The maximum absolute atomic E-state index is 13.4. The minimum Gasteiger partial charge on any atom is -0.330 e. The van der Waals surface area contributed by atoms with E-state index in [1.54, 1.807) is 0 Å². The third-order valence-electron chi connectivity index (χ3n) is 4.01. The number of nitro groups is 1. The number of thioether (sulfide) groups is 1. The van der Waals surface area contributed by atoms with Crippen molar-refractivity contribution >= 4 is 51.2 Å². The highest BCUT2D eigenvalue weighted by Crippen LogP contribution is 2.29. The molecule has 3 rings (SSSR count). The van der Waals surface area contributed by atoms with Gasteiger partial charge in [-0.15, -0.1) is 10.2 Å². The second-order valence-electron chi connectivity index (χ2n) is 6.01. The van der Waals surface area contributed by atoms with Crippen LogP contribution in [0.4, 0.5) is 26.6 Å². The fourth-order valence-corrected chi connectivity index (χ4v) is 3.94. The third kappa shape index (κ3) is 5.27. The summed E-state index contributed by atoms with van der Waals surface area (Å²) in [5.74, 6) is -1.32. The zero-order chi connectivity index (χ0) is 21.0. The molecule has 2 N–H and O–H groups in total. The van der Waals surface area contributed by atoms with Crippen molar-refractivity contribution < 1.29 is 14.1 Å². The zero-order valence-corrected chi connectivity index (χ0v) is 17.1. The number of anilines is 3. The van der Waals surface area contributed by atoms with Crippen molar-refractivity contribution in [1.29, 1.82) is 0 Å². The van der Waals surface area contributed by atoms with E-state index in [1.165, 1.54) is 29.2 Å². The van der Waals surface area contributed by atoms with Crippen LogP contribution in [0.5, 0.6) is 0 Å². The van der Waals surface area contributed by atoms with Crippen LogP contribution < -0.4 is 10.6 Å². The van der Waals surface area contributed by atoms with E-state index in [0.29, 0.717) is 9.47 Å². The summed E-state index contributed by atoms with van der Waals surface area (Å²) in [4.78, 5) is 22.0. The van der Waals surface area contributed by atoms with Crippen LogP contribution in [0.15, 0.2) is 40.7 Å². The molecule has 1 heterocycles. The lowest BCUT2D eigenvalue weighted by atomic mass is 10.1. The average molecular weight is 433 g/mol. The van der Waals surface area contributed by atoms with Crippen molar-refractivity contribution in [3.05, 3.63) is 63.5 Å². The van der Waals surface area contributed by atoms with Crippen molar-refractivity contribution in [2.45, 2.75) is 18.2 Å². The number of carbonyl (C=O) groups excluding carboxylic acids is 1. The van der Waals surface area contributed by atoms with Gasteiger partial charge in [-0.25, -0.2) is 0 Å². The number of halogens is 1. The van der Waals surface area contributed by atoms with E-state index in [-0.39, 0.29) is 11.4 Å². The summed E-state index contributed by atoms with van der Waals surface area (Å²) in [5, 5.41) is 25.2. The van der Waals surface area contributed by atoms with E-state index in [0.717, 1.165) is 28.9 Å². The summed E-state index contributed by atoms with van der Waals surface area (Å²) in [6.07, 6.45) is 0. The predicted octanol–water partition coefficient (Wildman–Crippen LogP) is 4.68. The first-order valence-corrected chi connectivity index (χ1v) is 10.2. The van der Waals surface area contributed by atoms with Gasteiger partial charge in [0.2, 0.25) is 16.9 Å². The molecule has 3 aromatic rings. The van der Waals surface area contributed by atoms with Gasteiger partial charge in [0.05, 0.1) is 10.7 Å². The molecule has 0 aliphatic rings. The maximum atomic E-state index is 13.4.